The normalized spacial score (nSPS) is 19.9. The quantitative estimate of drug-likeness (QED) is 0.611. The molecule has 1 unspecified atom stereocenters. The molecule has 7 heteroatoms. The Bertz CT molecular complexity index is 315. The number of piperazine rings is 1. The summed E-state index contributed by atoms with van der Waals surface area (Å²) < 4.78 is 31.4. The van der Waals surface area contributed by atoms with Crippen molar-refractivity contribution in [2.75, 3.05) is 51.6 Å². The summed E-state index contributed by atoms with van der Waals surface area (Å²) in [5, 5.41) is 3.24. The third-order valence-electron chi connectivity index (χ3n) is 2.93. The average Bonchev–Trinajstić information content (AvgIpc) is 2.36. The van der Waals surface area contributed by atoms with Crippen molar-refractivity contribution >= 4 is 10.0 Å². The van der Waals surface area contributed by atoms with Crippen molar-refractivity contribution in [3.05, 3.63) is 0 Å². The van der Waals surface area contributed by atoms with Crippen LogP contribution in [0.4, 0.5) is 0 Å². The number of hydrogen-bond donors (Lipinski definition) is 2. The molecule has 0 bridgehead atoms. The van der Waals surface area contributed by atoms with Crippen LogP contribution >= 0.6 is 0 Å². The summed E-state index contributed by atoms with van der Waals surface area (Å²) in [5.74, 6) is 0.159. The van der Waals surface area contributed by atoms with Gasteiger partial charge in [-0.15, -0.1) is 0 Å². The number of nitrogens with one attached hydrogen (secondary N) is 2. The zero-order valence-electron chi connectivity index (χ0n) is 11.3. The van der Waals surface area contributed by atoms with E-state index in [0.29, 0.717) is 19.7 Å². The molecule has 0 aliphatic carbocycles. The van der Waals surface area contributed by atoms with Gasteiger partial charge in [0.15, 0.2) is 0 Å². The van der Waals surface area contributed by atoms with Crippen LogP contribution in [0.2, 0.25) is 0 Å². The van der Waals surface area contributed by atoms with Crippen LogP contribution in [-0.2, 0) is 14.8 Å². The van der Waals surface area contributed by atoms with Crippen molar-refractivity contribution in [1.82, 2.24) is 14.9 Å². The molecule has 0 aromatic carbocycles. The summed E-state index contributed by atoms with van der Waals surface area (Å²) in [4.78, 5) is 2.17. The Morgan fingerprint density at radius 3 is 2.67 bits per heavy atom. The minimum atomic E-state index is -3.19. The van der Waals surface area contributed by atoms with Crippen LogP contribution in [0.15, 0.2) is 0 Å². The molecule has 0 saturated carbocycles. The third kappa shape index (κ3) is 6.65. The van der Waals surface area contributed by atoms with Gasteiger partial charge in [-0.2, -0.15) is 0 Å². The van der Waals surface area contributed by atoms with E-state index in [2.05, 4.69) is 14.9 Å². The van der Waals surface area contributed by atoms with Crippen LogP contribution < -0.4 is 10.0 Å². The van der Waals surface area contributed by atoms with Crippen molar-refractivity contribution in [3.8, 4) is 0 Å². The van der Waals surface area contributed by atoms with Crippen LogP contribution in [0.3, 0.4) is 0 Å². The van der Waals surface area contributed by atoms with Gasteiger partial charge in [0.1, 0.15) is 0 Å². The number of sulfonamides is 1. The first-order chi connectivity index (χ1) is 8.53. The van der Waals surface area contributed by atoms with E-state index in [-0.39, 0.29) is 11.9 Å². The van der Waals surface area contributed by atoms with E-state index in [4.69, 9.17) is 4.74 Å². The molecule has 0 amide bonds. The van der Waals surface area contributed by atoms with E-state index < -0.39 is 10.0 Å². The molecule has 0 aromatic heterocycles. The van der Waals surface area contributed by atoms with Crippen LogP contribution in [0.1, 0.15) is 13.8 Å². The molecule has 0 radical (unpaired) electrons. The molecule has 108 valence electrons. The van der Waals surface area contributed by atoms with E-state index in [0.717, 1.165) is 26.2 Å². The Hall–Kier alpha value is -0.210. The van der Waals surface area contributed by atoms with Gasteiger partial charge in [0.05, 0.1) is 11.9 Å². The molecule has 1 aliphatic rings. The number of ether oxygens (including phenoxy) is 1. The van der Waals surface area contributed by atoms with Gasteiger partial charge >= 0.3 is 0 Å². The molecule has 1 heterocycles. The van der Waals surface area contributed by atoms with E-state index in [9.17, 15) is 8.42 Å². The lowest BCUT2D eigenvalue weighted by Crippen LogP contribution is -2.46. The molecule has 1 rings (SSSR count). The summed E-state index contributed by atoms with van der Waals surface area (Å²) in [6, 6.07) is 0. The van der Waals surface area contributed by atoms with Crippen molar-refractivity contribution in [3.63, 3.8) is 0 Å². The highest BCUT2D eigenvalue weighted by molar-refractivity contribution is 7.89. The summed E-state index contributed by atoms with van der Waals surface area (Å²) in [7, 11) is -3.19. The Labute approximate surface area is 110 Å². The van der Waals surface area contributed by atoms with Gasteiger partial charge in [0.2, 0.25) is 10.0 Å². The van der Waals surface area contributed by atoms with Gasteiger partial charge in [0, 0.05) is 45.9 Å². The summed E-state index contributed by atoms with van der Waals surface area (Å²) in [6.07, 6.45) is -0.0797. The second-order valence-corrected chi connectivity index (χ2v) is 6.45. The van der Waals surface area contributed by atoms with Crippen LogP contribution in [0.25, 0.3) is 0 Å². The Morgan fingerprint density at radius 1 is 1.39 bits per heavy atom. The highest BCUT2D eigenvalue weighted by atomic mass is 32.2. The van der Waals surface area contributed by atoms with Gasteiger partial charge < -0.3 is 10.1 Å². The maximum atomic E-state index is 11.8. The number of nitrogens with zero attached hydrogens (tertiary/aromatic N) is 1. The zero-order valence-corrected chi connectivity index (χ0v) is 12.1. The van der Waals surface area contributed by atoms with Crippen LogP contribution in [0, 0.1) is 0 Å². The van der Waals surface area contributed by atoms with Crippen LogP contribution in [-0.4, -0.2) is 71.0 Å². The van der Waals surface area contributed by atoms with Gasteiger partial charge in [-0.3, -0.25) is 4.90 Å². The maximum absolute atomic E-state index is 11.8. The molecule has 18 heavy (non-hydrogen) atoms. The van der Waals surface area contributed by atoms with Crippen molar-refractivity contribution in [2.24, 2.45) is 0 Å². The summed E-state index contributed by atoms with van der Waals surface area (Å²) >= 11 is 0. The molecule has 1 atom stereocenters. The van der Waals surface area contributed by atoms with E-state index >= 15 is 0 Å². The van der Waals surface area contributed by atoms with Crippen molar-refractivity contribution < 1.29 is 13.2 Å². The first-order valence-electron chi connectivity index (χ1n) is 6.55. The predicted molar refractivity (Wildman–Crippen MR) is 72.2 cm³/mol. The smallest absolute Gasteiger partial charge is 0.212 e. The van der Waals surface area contributed by atoms with Gasteiger partial charge in [-0.05, 0) is 13.8 Å². The number of rotatable bonds is 8. The Kier molecular flexibility index (Phi) is 7.10. The molecule has 0 aromatic rings. The fraction of sp³-hybridized carbons (Fsp3) is 1.00. The number of hydrogen-bond acceptors (Lipinski definition) is 5. The molecule has 2 N–H and O–H groups in total. The minimum absolute atomic E-state index is 0.0797. The molecular weight excluding hydrogens is 254 g/mol. The van der Waals surface area contributed by atoms with E-state index in [1.165, 1.54) is 0 Å². The molecule has 1 aliphatic heterocycles. The lowest BCUT2D eigenvalue weighted by molar-refractivity contribution is 0.0799. The van der Waals surface area contributed by atoms with Gasteiger partial charge in [-0.1, -0.05) is 0 Å². The van der Waals surface area contributed by atoms with Crippen molar-refractivity contribution in [1.29, 1.82) is 0 Å². The standard InChI is InChI=1S/C11H25N3O3S/c1-3-17-11(2)10-13-18(15,16)9-8-14-6-4-12-5-7-14/h11-13H,3-10H2,1-2H3. The Balaban J connectivity index is 2.22. The largest absolute Gasteiger partial charge is 0.377 e. The average molecular weight is 279 g/mol. The molecule has 6 nitrogen and oxygen atoms in total. The first-order valence-corrected chi connectivity index (χ1v) is 8.20. The topological polar surface area (TPSA) is 70.7 Å². The third-order valence-corrected chi connectivity index (χ3v) is 4.25. The minimum Gasteiger partial charge on any atom is -0.377 e. The van der Waals surface area contributed by atoms with E-state index in [1.54, 1.807) is 0 Å². The maximum Gasteiger partial charge on any atom is 0.212 e. The molecule has 1 saturated heterocycles. The van der Waals surface area contributed by atoms with Crippen LogP contribution in [0.5, 0.6) is 0 Å². The predicted octanol–water partition coefficient (Wildman–Crippen LogP) is -0.764. The highest BCUT2D eigenvalue weighted by Crippen LogP contribution is 1.95. The Morgan fingerprint density at radius 2 is 2.06 bits per heavy atom. The second kappa shape index (κ2) is 8.06. The second-order valence-electron chi connectivity index (χ2n) is 4.52. The molecular formula is C11H25N3O3S. The lowest BCUT2D eigenvalue weighted by atomic mass is 10.4. The summed E-state index contributed by atoms with van der Waals surface area (Å²) in [6.45, 7) is 9.03. The SMILES string of the molecule is CCOC(C)CNS(=O)(=O)CCN1CCNCC1. The fourth-order valence-electron chi connectivity index (χ4n) is 1.84. The lowest BCUT2D eigenvalue weighted by Gasteiger charge is -2.27. The monoisotopic (exact) mass is 279 g/mol. The molecule has 1 fully saturated rings. The zero-order chi connectivity index (χ0) is 13.4. The first kappa shape index (κ1) is 15.8. The van der Waals surface area contributed by atoms with Gasteiger partial charge in [-0.25, -0.2) is 13.1 Å². The van der Waals surface area contributed by atoms with Crippen molar-refractivity contribution in [2.45, 2.75) is 20.0 Å². The summed E-state index contributed by atoms with van der Waals surface area (Å²) in [5.41, 5.74) is 0. The van der Waals surface area contributed by atoms with Gasteiger partial charge in [0.25, 0.3) is 0 Å². The highest BCUT2D eigenvalue weighted by Gasteiger charge is 2.16. The fourth-order valence-corrected chi connectivity index (χ4v) is 2.98. The van der Waals surface area contributed by atoms with E-state index in [1.807, 2.05) is 13.8 Å². The molecule has 0 spiro atoms.